The van der Waals surface area contributed by atoms with Crippen LogP contribution in [-0.4, -0.2) is 43.0 Å². The zero-order chi connectivity index (χ0) is 15.4. The van der Waals surface area contributed by atoms with Gasteiger partial charge in [-0.3, -0.25) is 19.8 Å². The molecule has 0 radical (unpaired) electrons. The van der Waals surface area contributed by atoms with Crippen molar-refractivity contribution in [3.05, 3.63) is 27.8 Å². The summed E-state index contributed by atoms with van der Waals surface area (Å²) < 4.78 is 4.97. The normalized spacial score (nSPS) is 12.1. The van der Waals surface area contributed by atoms with E-state index < -0.39 is 4.92 Å². The molecule has 0 aliphatic carbocycles. The van der Waals surface area contributed by atoms with Gasteiger partial charge in [0.25, 0.3) is 0 Å². The number of nitro groups is 1. The molecule has 20 heavy (non-hydrogen) atoms. The van der Waals surface area contributed by atoms with Crippen LogP contribution < -0.4 is 10.1 Å². The van der Waals surface area contributed by atoms with E-state index in [1.165, 1.54) is 19.2 Å². The molecule has 0 saturated carbocycles. The predicted octanol–water partition coefficient (Wildman–Crippen LogP) is 1.80. The molecule has 0 heterocycles. The third-order valence-electron chi connectivity index (χ3n) is 3.13. The van der Waals surface area contributed by atoms with E-state index in [0.29, 0.717) is 11.3 Å². The molecule has 0 aliphatic rings. The average Bonchev–Trinajstić information content (AvgIpc) is 2.38. The third kappa shape index (κ3) is 3.45. The van der Waals surface area contributed by atoms with E-state index in [-0.39, 0.29) is 23.4 Å². The Labute approximate surface area is 117 Å². The zero-order valence-corrected chi connectivity index (χ0v) is 12.3. The van der Waals surface area contributed by atoms with Crippen molar-refractivity contribution >= 4 is 17.3 Å². The number of hydrogen-bond acceptors (Lipinski definition) is 5. The minimum absolute atomic E-state index is 0.172. The molecule has 1 rings (SSSR count). The molecule has 7 nitrogen and oxygen atoms in total. The van der Waals surface area contributed by atoms with E-state index in [2.05, 4.69) is 5.32 Å². The Kier molecular flexibility index (Phi) is 5.04. The summed E-state index contributed by atoms with van der Waals surface area (Å²) in [4.78, 5) is 24.2. The van der Waals surface area contributed by atoms with Crippen LogP contribution in [0.3, 0.4) is 0 Å². The average molecular weight is 281 g/mol. The van der Waals surface area contributed by atoms with Crippen LogP contribution >= 0.6 is 0 Å². The van der Waals surface area contributed by atoms with E-state index in [0.717, 1.165) is 0 Å². The molecule has 1 amide bonds. The van der Waals surface area contributed by atoms with Gasteiger partial charge in [0, 0.05) is 6.07 Å². The van der Waals surface area contributed by atoms with Crippen molar-refractivity contribution in [2.45, 2.75) is 19.9 Å². The number of rotatable bonds is 5. The Bertz CT molecular complexity index is 529. The van der Waals surface area contributed by atoms with Crippen molar-refractivity contribution in [3.8, 4) is 5.75 Å². The molecule has 1 unspecified atom stereocenters. The number of carbonyl (C=O) groups is 1. The lowest BCUT2D eigenvalue weighted by Crippen LogP contribution is -2.37. The predicted molar refractivity (Wildman–Crippen MR) is 76.2 cm³/mol. The molecule has 0 saturated heterocycles. The number of ether oxygens (including phenoxy) is 1. The van der Waals surface area contributed by atoms with Crippen LogP contribution in [0.25, 0.3) is 0 Å². The molecule has 0 fully saturated rings. The van der Waals surface area contributed by atoms with Gasteiger partial charge >= 0.3 is 5.69 Å². The molecule has 0 spiro atoms. The smallest absolute Gasteiger partial charge is 0.313 e. The summed E-state index contributed by atoms with van der Waals surface area (Å²) >= 11 is 0. The summed E-state index contributed by atoms with van der Waals surface area (Å²) in [6.07, 6.45) is 0. The molecule has 1 N–H and O–H groups in total. The lowest BCUT2D eigenvalue weighted by atomic mass is 10.1. The van der Waals surface area contributed by atoms with E-state index in [4.69, 9.17) is 4.74 Å². The second-order valence-electron chi connectivity index (χ2n) is 4.72. The van der Waals surface area contributed by atoms with E-state index >= 15 is 0 Å². The quantitative estimate of drug-likeness (QED) is 0.657. The van der Waals surface area contributed by atoms with Gasteiger partial charge in [0.1, 0.15) is 0 Å². The maximum Gasteiger partial charge on any atom is 0.313 e. The highest BCUT2D eigenvalue weighted by molar-refractivity contribution is 5.95. The molecule has 0 aliphatic heterocycles. The van der Waals surface area contributed by atoms with Gasteiger partial charge in [-0.2, -0.15) is 0 Å². The fourth-order valence-corrected chi connectivity index (χ4v) is 1.58. The van der Waals surface area contributed by atoms with Crippen molar-refractivity contribution in [1.82, 2.24) is 4.90 Å². The highest BCUT2D eigenvalue weighted by Gasteiger charge is 2.20. The Hall–Kier alpha value is -2.15. The summed E-state index contributed by atoms with van der Waals surface area (Å²) in [6, 6.07) is 2.51. The van der Waals surface area contributed by atoms with Crippen molar-refractivity contribution in [2.75, 3.05) is 26.5 Å². The van der Waals surface area contributed by atoms with Gasteiger partial charge in [0.05, 0.1) is 23.8 Å². The topological polar surface area (TPSA) is 84.7 Å². The molecule has 0 bridgehead atoms. The largest absolute Gasteiger partial charge is 0.490 e. The first-order chi connectivity index (χ1) is 9.27. The number of aryl methyl sites for hydroxylation is 1. The van der Waals surface area contributed by atoms with Gasteiger partial charge in [-0.05, 0) is 39.6 Å². The first-order valence-corrected chi connectivity index (χ1v) is 6.08. The monoisotopic (exact) mass is 281 g/mol. The van der Waals surface area contributed by atoms with Gasteiger partial charge in [0.15, 0.2) is 5.75 Å². The van der Waals surface area contributed by atoms with Gasteiger partial charge in [-0.15, -0.1) is 0 Å². The fourth-order valence-electron chi connectivity index (χ4n) is 1.58. The second-order valence-corrected chi connectivity index (χ2v) is 4.72. The zero-order valence-electron chi connectivity index (χ0n) is 12.3. The number of nitrogens with zero attached hydrogens (tertiary/aromatic N) is 2. The number of methoxy groups -OCH3 is 1. The number of carbonyl (C=O) groups excluding carboxylic acids is 1. The van der Waals surface area contributed by atoms with Crippen molar-refractivity contribution in [1.29, 1.82) is 0 Å². The maximum atomic E-state index is 12.0. The van der Waals surface area contributed by atoms with Crippen LogP contribution in [0.4, 0.5) is 11.4 Å². The highest BCUT2D eigenvalue weighted by atomic mass is 16.6. The number of hydrogen-bond donors (Lipinski definition) is 1. The molecule has 1 aromatic carbocycles. The number of likely N-dealkylation sites (N-methyl/N-ethyl adjacent to an activating group) is 1. The first-order valence-electron chi connectivity index (χ1n) is 6.08. The lowest BCUT2D eigenvalue weighted by Gasteiger charge is -2.19. The maximum absolute atomic E-state index is 12.0. The van der Waals surface area contributed by atoms with Crippen molar-refractivity contribution in [3.63, 3.8) is 0 Å². The Balaban J connectivity index is 3.10. The first kappa shape index (κ1) is 15.9. The molecule has 110 valence electrons. The minimum atomic E-state index is -0.538. The summed E-state index contributed by atoms with van der Waals surface area (Å²) in [5, 5.41) is 13.7. The highest BCUT2D eigenvalue weighted by Crippen LogP contribution is 2.32. The van der Waals surface area contributed by atoms with Crippen LogP contribution in [0.5, 0.6) is 5.75 Å². The van der Waals surface area contributed by atoms with E-state index in [1.54, 1.807) is 32.8 Å². The standard InChI is InChI=1S/C13H19N3O4/c1-8-6-12(20-5)11(16(18)19)7-10(8)14-13(17)9(2)15(3)4/h6-7,9H,1-5H3,(H,14,17). The minimum Gasteiger partial charge on any atom is -0.490 e. The van der Waals surface area contributed by atoms with Gasteiger partial charge in [0.2, 0.25) is 5.91 Å². The summed E-state index contributed by atoms with van der Waals surface area (Å²) in [5.74, 6) is -0.0521. The summed E-state index contributed by atoms with van der Waals surface area (Å²) in [5.41, 5.74) is 0.939. The number of benzene rings is 1. The number of nitrogens with one attached hydrogen (secondary N) is 1. The third-order valence-corrected chi connectivity index (χ3v) is 3.13. The number of anilines is 1. The molecule has 7 heteroatoms. The van der Waals surface area contributed by atoms with Crippen molar-refractivity contribution < 1.29 is 14.5 Å². The molecular formula is C13H19N3O4. The lowest BCUT2D eigenvalue weighted by molar-refractivity contribution is -0.385. The molecule has 1 atom stereocenters. The van der Waals surface area contributed by atoms with Gasteiger partial charge < -0.3 is 10.1 Å². The van der Waals surface area contributed by atoms with Gasteiger partial charge in [-0.25, -0.2) is 0 Å². The summed E-state index contributed by atoms with van der Waals surface area (Å²) in [7, 11) is 4.94. The molecule has 0 aromatic heterocycles. The second kappa shape index (κ2) is 6.33. The Morgan fingerprint density at radius 1 is 1.45 bits per heavy atom. The van der Waals surface area contributed by atoms with Crippen LogP contribution in [0.2, 0.25) is 0 Å². The van der Waals surface area contributed by atoms with Crippen molar-refractivity contribution in [2.24, 2.45) is 0 Å². The number of nitro benzene ring substituents is 1. The van der Waals surface area contributed by atoms with E-state index in [1.807, 2.05) is 0 Å². The van der Waals surface area contributed by atoms with Crippen LogP contribution in [0, 0.1) is 17.0 Å². The molecular weight excluding hydrogens is 262 g/mol. The molecule has 1 aromatic rings. The van der Waals surface area contributed by atoms with Crippen LogP contribution in [0.15, 0.2) is 12.1 Å². The Morgan fingerprint density at radius 3 is 2.50 bits per heavy atom. The summed E-state index contributed by atoms with van der Waals surface area (Å²) in [6.45, 7) is 3.50. The number of amides is 1. The van der Waals surface area contributed by atoms with E-state index in [9.17, 15) is 14.9 Å². The SMILES string of the molecule is COc1cc(C)c(NC(=O)C(C)N(C)C)cc1[N+](=O)[O-]. The van der Waals surface area contributed by atoms with Gasteiger partial charge in [-0.1, -0.05) is 0 Å². The Morgan fingerprint density at radius 2 is 2.05 bits per heavy atom. The van der Waals surface area contributed by atoms with Crippen LogP contribution in [-0.2, 0) is 4.79 Å². The fraction of sp³-hybridized carbons (Fsp3) is 0.462. The van der Waals surface area contributed by atoms with Crippen LogP contribution in [0.1, 0.15) is 12.5 Å².